The summed E-state index contributed by atoms with van der Waals surface area (Å²) in [5.74, 6) is -0.625. The lowest BCUT2D eigenvalue weighted by Gasteiger charge is -2.01. The first-order valence-electron chi connectivity index (χ1n) is 4.83. The molecule has 0 aliphatic heterocycles. The predicted molar refractivity (Wildman–Crippen MR) is 58.6 cm³/mol. The Morgan fingerprint density at radius 2 is 2.13 bits per heavy atom. The summed E-state index contributed by atoms with van der Waals surface area (Å²) in [6.07, 6.45) is 1.94. The Morgan fingerprint density at radius 3 is 2.73 bits per heavy atom. The van der Waals surface area contributed by atoms with Gasteiger partial charge in [0.05, 0.1) is 5.02 Å². The lowest BCUT2D eigenvalue weighted by atomic mass is 10.1. The van der Waals surface area contributed by atoms with Crippen LogP contribution in [-0.4, -0.2) is 12.3 Å². The van der Waals surface area contributed by atoms with E-state index in [-0.39, 0.29) is 10.8 Å². The molecule has 0 amide bonds. The molecule has 0 atom stereocenters. The third-order valence-corrected chi connectivity index (χ3v) is 2.41. The highest BCUT2D eigenvalue weighted by molar-refractivity contribution is 6.30. The molecule has 0 aliphatic rings. The molecule has 1 rings (SSSR count). The smallest absolute Gasteiger partial charge is 0.162 e. The fourth-order valence-electron chi connectivity index (χ4n) is 1.24. The number of ketones is 1. The van der Waals surface area contributed by atoms with E-state index < -0.39 is 5.82 Å². The van der Waals surface area contributed by atoms with Crippen molar-refractivity contribution in [2.24, 2.45) is 5.73 Å². The van der Waals surface area contributed by atoms with E-state index in [0.29, 0.717) is 18.5 Å². The molecule has 2 N–H and O–H groups in total. The number of carbonyl (C=O) groups is 1. The van der Waals surface area contributed by atoms with Crippen LogP contribution >= 0.6 is 11.6 Å². The van der Waals surface area contributed by atoms with Gasteiger partial charge in [0.25, 0.3) is 0 Å². The molecule has 0 unspecified atom stereocenters. The topological polar surface area (TPSA) is 43.1 Å². The molecule has 0 radical (unpaired) electrons. The van der Waals surface area contributed by atoms with E-state index in [1.54, 1.807) is 0 Å². The Bertz CT molecular complexity index is 354. The molecule has 82 valence electrons. The number of nitrogens with two attached hydrogens (primary N) is 1. The van der Waals surface area contributed by atoms with Gasteiger partial charge in [0.2, 0.25) is 0 Å². The van der Waals surface area contributed by atoms with Crippen molar-refractivity contribution in [3.63, 3.8) is 0 Å². The largest absolute Gasteiger partial charge is 0.330 e. The van der Waals surface area contributed by atoms with Gasteiger partial charge in [-0.25, -0.2) is 4.39 Å². The van der Waals surface area contributed by atoms with Crippen LogP contribution in [0.4, 0.5) is 4.39 Å². The second-order valence-electron chi connectivity index (χ2n) is 3.30. The minimum absolute atomic E-state index is 0.0357. The summed E-state index contributed by atoms with van der Waals surface area (Å²) in [4.78, 5) is 11.5. The first-order valence-corrected chi connectivity index (χ1v) is 5.21. The summed E-state index contributed by atoms with van der Waals surface area (Å²) >= 11 is 5.51. The Hall–Kier alpha value is -0.930. The first-order chi connectivity index (χ1) is 7.15. The summed E-state index contributed by atoms with van der Waals surface area (Å²) in [5, 5.41) is 0.0357. The highest BCUT2D eigenvalue weighted by Crippen LogP contribution is 2.17. The maximum absolute atomic E-state index is 13.0. The molecule has 2 nitrogen and oxygen atoms in total. The molecule has 0 bridgehead atoms. The lowest BCUT2D eigenvalue weighted by Crippen LogP contribution is -2.03. The molecular weight excluding hydrogens is 217 g/mol. The van der Waals surface area contributed by atoms with Gasteiger partial charge in [-0.1, -0.05) is 11.6 Å². The van der Waals surface area contributed by atoms with Crippen LogP contribution in [0.5, 0.6) is 0 Å². The monoisotopic (exact) mass is 229 g/mol. The molecule has 0 heterocycles. The van der Waals surface area contributed by atoms with Gasteiger partial charge in [-0.3, -0.25) is 4.79 Å². The quantitative estimate of drug-likeness (QED) is 0.623. The molecule has 1 aromatic rings. The second-order valence-corrected chi connectivity index (χ2v) is 3.71. The van der Waals surface area contributed by atoms with Gasteiger partial charge in [-0.2, -0.15) is 0 Å². The van der Waals surface area contributed by atoms with E-state index in [9.17, 15) is 9.18 Å². The Morgan fingerprint density at radius 1 is 1.40 bits per heavy atom. The molecule has 1 aromatic carbocycles. The van der Waals surface area contributed by atoms with Gasteiger partial charge < -0.3 is 5.73 Å². The molecule has 0 fully saturated rings. The van der Waals surface area contributed by atoms with Gasteiger partial charge in [0, 0.05) is 12.0 Å². The molecule has 15 heavy (non-hydrogen) atoms. The number of halogens is 2. The zero-order chi connectivity index (χ0) is 11.3. The van der Waals surface area contributed by atoms with Gasteiger partial charge in [0.1, 0.15) is 5.82 Å². The van der Waals surface area contributed by atoms with Crippen molar-refractivity contribution in [2.45, 2.75) is 19.3 Å². The fraction of sp³-hybridized carbons (Fsp3) is 0.364. The summed E-state index contributed by atoms with van der Waals surface area (Å²) in [6, 6.07) is 4.11. The van der Waals surface area contributed by atoms with E-state index in [4.69, 9.17) is 17.3 Å². The van der Waals surface area contributed by atoms with Crippen LogP contribution in [0.15, 0.2) is 18.2 Å². The number of unbranched alkanes of at least 4 members (excludes halogenated alkanes) is 1. The highest BCUT2D eigenvalue weighted by atomic mass is 35.5. The van der Waals surface area contributed by atoms with Crippen molar-refractivity contribution in [1.82, 2.24) is 0 Å². The summed E-state index contributed by atoms with van der Waals surface area (Å²) in [6.45, 7) is 0.572. The van der Waals surface area contributed by atoms with Crippen LogP contribution < -0.4 is 5.73 Å². The maximum atomic E-state index is 13.0. The number of Topliss-reactive ketones (excluding diaryl/α,β-unsaturated/α-hetero) is 1. The Labute approximate surface area is 93.2 Å². The Balaban J connectivity index is 2.62. The molecule has 0 saturated carbocycles. The number of carbonyl (C=O) groups excluding carboxylic acids is 1. The zero-order valence-electron chi connectivity index (χ0n) is 8.30. The fourth-order valence-corrected chi connectivity index (χ4v) is 1.36. The van der Waals surface area contributed by atoms with Crippen LogP contribution in [-0.2, 0) is 0 Å². The second kappa shape index (κ2) is 5.83. The summed E-state index contributed by atoms with van der Waals surface area (Å²) in [7, 11) is 0. The van der Waals surface area contributed by atoms with Crippen LogP contribution in [0.25, 0.3) is 0 Å². The van der Waals surface area contributed by atoms with E-state index in [1.807, 2.05) is 0 Å². The maximum Gasteiger partial charge on any atom is 0.162 e. The number of hydrogen-bond acceptors (Lipinski definition) is 2. The molecule has 4 heteroatoms. The van der Waals surface area contributed by atoms with Crippen molar-refractivity contribution < 1.29 is 9.18 Å². The summed E-state index contributed by atoms with van der Waals surface area (Å²) in [5.41, 5.74) is 5.68. The molecule has 0 spiro atoms. The summed E-state index contributed by atoms with van der Waals surface area (Å²) < 4.78 is 13.0. The van der Waals surface area contributed by atoms with Crippen LogP contribution in [0, 0.1) is 5.82 Å². The number of benzene rings is 1. The molecule has 0 saturated heterocycles. The van der Waals surface area contributed by atoms with Crippen molar-refractivity contribution in [3.05, 3.63) is 34.6 Å². The van der Waals surface area contributed by atoms with Gasteiger partial charge >= 0.3 is 0 Å². The van der Waals surface area contributed by atoms with Gasteiger partial charge in [-0.15, -0.1) is 0 Å². The van der Waals surface area contributed by atoms with Crippen molar-refractivity contribution in [1.29, 1.82) is 0 Å². The SMILES string of the molecule is NCCCCC(=O)c1ccc(Cl)c(F)c1. The average molecular weight is 230 g/mol. The van der Waals surface area contributed by atoms with Crippen LogP contribution in [0.3, 0.4) is 0 Å². The first kappa shape index (κ1) is 12.1. The van der Waals surface area contributed by atoms with E-state index in [1.165, 1.54) is 18.2 Å². The Kier molecular flexibility index (Phi) is 4.72. The van der Waals surface area contributed by atoms with E-state index in [2.05, 4.69) is 0 Å². The minimum atomic E-state index is -0.554. The number of hydrogen-bond donors (Lipinski definition) is 1. The van der Waals surface area contributed by atoms with Crippen molar-refractivity contribution >= 4 is 17.4 Å². The normalized spacial score (nSPS) is 10.3. The lowest BCUT2D eigenvalue weighted by molar-refractivity contribution is 0.0979. The third kappa shape index (κ3) is 3.61. The van der Waals surface area contributed by atoms with Crippen molar-refractivity contribution in [2.75, 3.05) is 6.54 Å². The number of rotatable bonds is 5. The van der Waals surface area contributed by atoms with Crippen LogP contribution in [0.1, 0.15) is 29.6 Å². The van der Waals surface area contributed by atoms with Gasteiger partial charge in [0.15, 0.2) is 5.78 Å². The highest BCUT2D eigenvalue weighted by Gasteiger charge is 2.08. The van der Waals surface area contributed by atoms with Crippen LogP contribution in [0.2, 0.25) is 5.02 Å². The van der Waals surface area contributed by atoms with Gasteiger partial charge in [-0.05, 0) is 37.6 Å². The predicted octanol–water partition coefficient (Wildman–Crippen LogP) is 2.79. The standard InChI is InChI=1S/C11H13ClFNO/c12-9-5-4-8(7-10(9)13)11(15)3-1-2-6-14/h4-5,7H,1-3,6,14H2. The average Bonchev–Trinajstić information content (AvgIpc) is 2.22. The van der Waals surface area contributed by atoms with Crippen molar-refractivity contribution in [3.8, 4) is 0 Å². The molecule has 0 aromatic heterocycles. The van der Waals surface area contributed by atoms with E-state index >= 15 is 0 Å². The minimum Gasteiger partial charge on any atom is -0.330 e. The third-order valence-electron chi connectivity index (χ3n) is 2.10. The van der Waals surface area contributed by atoms with E-state index in [0.717, 1.165) is 12.8 Å². The molecular formula is C11H13ClFNO. The molecule has 0 aliphatic carbocycles. The zero-order valence-corrected chi connectivity index (χ0v) is 9.06.